The lowest BCUT2D eigenvalue weighted by molar-refractivity contribution is 0.0325. The maximum atomic E-state index is 13.0. The maximum absolute atomic E-state index is 13.0. The number of esters is 1. The summed E-state index contributed by atoms with van der Waals surface area (Å²) in [5, 5.41) is 1.05. The van der Waals surface area contributed by atoms with Crippen molar-refractivity contribution in [2.24, 2.45) is 0 Å². The number of benzene rings is 2. The lowest BCUT2D eigenvalue weighted by Gasteiger charge is -2.12. The number of rotatable bonds is 6. The van der Waals surface area contributed by atoms with Gasteiger partial charge in [0, 0.05) is 0 Å². The molecule has 2 heterocycles. The van der Waals surface area contributed by atoms with E-state index in [2.05, 4.69) is 15.0 Å². The number of hydrogen-bond acceptors (Lipinski definition) is 7. The third-order valence-corrected chi connectivity index (χ3v) is 5.61. The molecule has 31 heavy (non-hydrogen) atoms. The Hall–Kier alpha value is -3.59. The second-order valence-electron chi connectivity index (χ2n) is 6.78. The van der Waals surface area contributed by atoms with E-state index in [-0.39, 0.29) is 23.8 Å². The van der Waals surface area contributed by atoms with E-state index in [0.717, 1.165) is 11.3 Å². The average molecular weight is 439 g/mol. The molecule has 0 aliphatic carbocycles. The third kappa shape index (κ3) is 4.61. The minimum absolute atomic E-state index is 0.138. The molecule has 158 valence electrons. The first kappa shape index (κ1) is 20.7. The largest absolute Gasteiger partial charge is 0.486 e. The summed E-state index contributed by atoms with van der Waals surface area (Å²) in [4.78, 5) is 36.7. The molecule has 9 heteroatoms. The molecule has 0 fully saturated rings. The van der Waals surface area contributed by atoms with Crippen LogP contribution in [-0.2, 0) is 11.3 Å². The number of aryl methyl sites for hydroxylation is 1. The van der Waals surface area contributed by atoms with Gasteiger partial charge in [0.25, 0.3) is 5.56 Å². The van der Waals surface area contributed by atoms with Crippen LogP contribution in [0.4, 0.5) is 4.39 Å². The minimum Gasteiger partial charge on any atom is -0.486 e. The van der Waals surface area contributed by atoms with E-state index in [4.69, 9.17) is 9.47 Å². The Morgan fingerprint density at radius 2 is 1.90 bits per heavy atom. The predicted molar refractivity (Wildman–Crippen MR) is 114 cm³/mol. The van der Waals surface area contributed by atoms with Crippen molar-refractivity contribution in [1.82, 2.24) is 15.0 Å². The summed E-state index contributed by atoms with van der Waals surface area (Å²) in [5.74, 6) is -0.150. The van der Waals surface area contributed by atoms with Crippen molar-refractivity contribution < 1.29 is 18.7 Å². The summed E-state index contributed by atoms with van der Waals surface area (Å²) >= 11 is 1.16. The maximum Gasteiger partial charge on any atom is 0.350 e. The molecular formula is C22H18FN3O4S. The van der Waals surface area contributed by atoms with E-state index in [1.165, 1.54) is 24.3 Å². The van der Waals surface area contributed by atoms with Gasteiger partial charge < -0.3 is 14.5 Å². The highest BCUT2D eigenvalue weighted by Gasteiger charge is 2.21. The van der Waals surface area contributed by atoms with Crippen LogP contribution in [0.3, 0.4) is 0 Å². The number of nitrogens with zero attached hydrogens (tertiary/aromatic N) is 2. The topological polar surface area (TPSA) is 94.2 Å². The molecule has 4 aromatic rings. The number of thiazole rings is 1. The van der Waals surface area contributed by atoms with E-state index in [1.54, 1.807) is 38.1 Å². The van der Waals surface area contributed by atoms with Crippen LogP contribution in [0, 0.1) is 12.7 Å². The number of para-hydroxylation sites is 1. The Kier molecular flexibility index (Phi) is 5.77. The Morgan fingerprint density at radius 1 is 1.16 bits per heavy atom. The predicted octanol–water partition coefficient (Wildman–Crippen LogP) is 4.32. The molecule has 4 rings (SSSR count). The van der Waals surface area contributed by atoms with Crippen molar-refractivity contribution >= 4 is 28.2 Å². The first-order chi connectivity index (χ1) is 14.9. The number of halogens is 1. The summed E-state index contributed by atoms with van der Waals surface area (Å²) in [5.41, 5.74) is 0.746. The molecular weight excluding hydrogens is 421 g/mol. The lowest BCUT2D eigenvalue weighted by atomic mass is 10.2. The summed E-state index contributed by atoms with van der Waals surface area (Å²) < 4.78 is 24.1. The van der Waals surface area contributed by atoms with Crippen LogP contribution < -0.4 is 10.3 Å². The van der Waals surface area contributed by atoms with Crippen LogP contribution in [0.5, 0.6) is 5.75 Å². The van der Waals surface area contributed by atoms with Crippen LogP contribution in [-0.4, -0.2) is 20.9 Å². The first-order valence-corrected chi connectivity index (χ1v) is 10.3. The fourth-order valence-corrected chi connectivity index (χ4v) is 3.81. The fraction of sp³-hybridized carbons (Fsp3) is 0.182. The summed E-state index contributed by atoms with van der Waals surface area (Å²) in [6.07, 6.45) is -0.759. The van der Waals surface area contributed by atoms with Gasteiger partial charge in [0.1, 0.15) is 28.1 Å². The SMILES string of the molecule is Cc1nc(COc2ccc(F)cc2)sc1C(=O)OC(C)c1nc2ccccc2c(=O)[nH]1. The minimum atomic E-state index is -0.759. The number of carbonyl (C=O) groups is 1. The smallest absolute Gasteiger partial charge is 0.350 e. The standard InChI is InChI=1S/C22H18FN3O4S/c1-12-19(31-18(24-12)11-29-15-9-7-14(23)8-10-15)22(28)30-13(2)20-25-17-6-4-3-5-16(17)21(27)26-20/h3-10,13H,11H2,1-2H3,(H,25,26,27). The van der Waals surface area contributed by atoms with Gasteiger partial charge in [0.15, 0.2) is 11.9 Å². The molecule has 0 amide bonds. The average Bonchev–Trinajstić information content (AvgIpc) is 3.14. The van der Waals surface area contributed by atoms with Crippen molar-refractivity contribution in [2.75, 3.05) is 0 Å². The van der Waals surface area contributed by atoms with Crippen LogP contribution in [0.1, 0.15) is 39.2 Å². The molecule has 0 bridgehead atoms. The zero-order valence-corrected chi connectivity index (χ0v) is 17.5. The molecule has 0 aliphatic rings. The summed E-state index contributed by atoms with van der Waals surface area (Å²) in [7, 11) is 0. The lowest BCUT2D eigenvalue weighted by Crippen LogP contribution is -2.17. The number of nitrogens with one attached hydrogen (secondary N) is 1. The van der Waals surface area contributed by atoms with Gasteiger partial charge in [0.2, 0.25) is 0 Å². The van der Waals surface area contributed by atoms with Gasteiger partial charge in [-0.1, -0.05) is 12.1 Å². The third-order valence-electron chi connectivity index (χ3n) is 4.50. The second kappa shape index (κ2) is 8.65. The molecule has 0 saturated carbocycles. The van der Waals surface area contributed by atoms with Crippen LogP contribution in [0.15, 0.2) is 53.3 Å². The van der Waals surface area contributed by atoms with Gasteiger partial charge in [-0.05, 0) is 50.2 Å². The number of aromatic amines is 1. The molecule has 0 saturated heterocycles. The second-order valence-corrected chi connectivity index (χ2v) is 7.86. The molecule has 0 radical (unpaired) electrons. The quantitative estimate of drug-likeness (QED) is 0.450. The van der Waals surface area contributed by atoms with Gasteiger partial charge in [-0.15, -0.1) is 11.3 Å². The van der Waals surface area contributed by atoms with E-state index in [0.29, 0.717) is 32.2 Å². The van der Waals surface area contributed by atoms with E-state index < -0.39 is 12.1 Å². The Balaban J connectivity index is 1.46. The van der Waals surface area contributed by atoms with Crippen molar-refractivity contribution in [2.45, 2.75) is 26.6 Å². The molecule has 0 spiro atoms. The number of ether oxygens (including phenoxy) is 2. The van der Waals surface area contributed by atoms with Gasteiger partial charge in [-0.3, -0.25) is 4.79 Å². The van der Waals surface area contributed by atoms with Gasteiger partial charge in [-0.25, -0.2) is 19.2 Å². The van der Waals surface area contributed by atoms with Crippen LogP contribution in [0.25, 0.3) is 10.9 Å². The summed E-state index contributed by atoms with van der Waals surface area (Å²) in [6.45, 7) is 3.48. The molecule has 1 N–H and O–H groups in total. The molecule has 2 aromatic carbocycles. The number of carbonyl (C=O) groups excluding carboxylic acids is 1. The van der Waals surface area contributed by atoms with Crippen molar-refractivity contribution in [3.63, 3.8) is 0 Å². The highest BCUT2D eigenvalue weighted by molar-refractivity contribution is 7.13. The van der Waals surface area contributed by atoms with Crippen LogP contribution >= 0.6 is 11.3 Å². The molecule has 1 unspecified atom stereocenters. The van der Waals surface area contributed by atoms with E-state index in [9.17, 15) is 14.0 Å². The number of fused-ring (bicyclic) bond motifs is 1. The van der Waals surface area contributed by atoms with Crippen molar-refractivity contribution in [3.05, 3.63) is 86.1 Å². The first-order valence-electron chi connectivity index (χ1n) is 9.45. The van der Waals surface area contributed by atoms with Crippen LogP contribution in [0.2, 0.25) is 0 Å². The highest BCUT2D eigenvalue weighted by Crippen LogP contribution is 2.24. The van der Waals surface area contributed by atoms with E-state index >= 15 is 0 Å². The highest BCUT2D eigenvalue weighted by atomic mass is 32.1. The monoisotopic (exact) mass is 439 g/mol. The molecule has 0 aliphatic heterocycles. The number of aromatic nitrogens is 3. The molecule has 1 atom stereocenters. The number of hydrogen-bond donors (Lipinski definition) is 1. The van der Waals surface area contributed by atoms with Gasteiger partial charge in [-0.2, -0.15) is 0 Å². The normalized spacial score (nSPS) is 12.0. The Morgan fingerprint density at radius 3 is 2.68 bits per heavy atom. The molecule has 2 aromatic heterocycles. The zero-order chi connectivity index (χ0) is 22.0. The van der Waals surface area contributed by atoms with Crippen molar-refractivity contribution in [1.29, 1.82) is 0 Å². The molecule has 7 nitrogen and oxygen atoms in total. The van der Waals surface area contributed by atoms with Crippen molar-refractivity contribution in [3.8, 4) is 5.75 Å². The fourth-order valence-electron chi connectivity index (χ4n) is 2.95. The van der Waals surface area contributed by atoms with Gasteiger partial charge in [0.05, 0.1) is 16.6 Å². The number of H-pyrrole nitrogens is 1. The Labute approximate surface area is 180 Å². The van der Waals surface area contributed by atoms with E-state index in [1.807, 2.05) is 0 Å². The summed E-state index contributed by atoms with van der Waals surface area (Å²) in [6, 6.07) is 12.6. The Bertz CT molecular complexity index is 1300. The zero-order valence-electron chi connectivity index (χ0n) is 16.7. The van der Waals surface area contributed by atoms with Gasteiger partial charge >= 0.3 is 5.97 Å².